The largest absolute Gasteiger partial charge is 0.328 e. The van der Waals surface area contributed by atoms with Crippen molar-refractivity contribution in [2.45, 2.75) is 53.1 Å². The fourth-order valence-electron chi connectivity index (χ4n) is 1.95. The van der Waals surface area contributed by atoms with Gasteiger partial charge in [0.15, 0.2) is 5.78 Å². The van der Waals surface area contributed by atoms with Crippen LogP contribution in [0.2, 0.25) is 0 Å². The number of carbonyl (C=O) groups is 2. The topological polar surface area (TPSA) is 62.3 Å². The normalized spacial score (nSPS) is 12.6. The number of rotatable bonds is 6. The minimum Gasteiger partial charge on any atom is -0.328 e. The lowest BCUT2D eigenvalue weighted by molar-refractivity contribution is -0.119. The molecular weight excluding hydrogens is 286 g/mol. The molecule has 0 spiro atoms. The second kappa shape index (κ2) is 7.54. The summed E-state index contributed by atoms with van der Waals surface area (Å²) in [4.78, 5) is 30.7. The first kappa shape index (κ1) is 17.6. The van der Waals surface area contributed by atoms with Gasteiger partial charge in [-0.05, 0) is 12.8 Å². The molecule has 1 rings (SSSR count). The zero-order valence-corrected chi connectivity index (χ0v) is 14.5. The number of amides is 2. The Morgan fingerprint density at radius 1 is 1.33 bits per heavy atom. The van der Waals surface area contributed by atoms with Crippen molar-refractivity contribution >= 4 is 23.2 Å². The van der Waals surface area contributed by atoms with Crippen LogP contribution in [0.5, 0.6) is 0 Å². The van der Waals surface area contributed by atoms with Crippen LogP contribution in [0.25, 0.3) is 0 Å². The molecule has 0 saturated carbocycles. The summed E-state index contributed by atoms with van der Waals surface area (Å²) in [5, 5.41) is 3.86. The third kappa shape index (κ3) is 5.12. The number of nitrogens with zero attached hydrogens (tertiary/aromatic N) is 2. The van der Waals surface area contributed by atoms with Crippen molar-refractivity contribution in [1.29, 1.82) is 0 Å². The SMILES string of the molecule is CC(=O)C(NC(=O)N(C)Cc1cnc(C(C)C)s1)C(C)C. The van der Waals surface area contributed by atoms with E-state index >= 15 is 0 Å². The fourth-order valence-corrected chi connectivity index (χ4v) is 2.92. The first-order valence-electron chi connectivity index (χ1n) is 7.19. The first-order chi connectivity index (χ1) is 9.72. The Morgan fingerprint density at radius 3 is 2.38 bits per heavy atom. The molecule has 6 heteroatoms. The summed E-state index contributed by atoms with van der Waals surface area (Å²) in [6.07, 6.45) is 1.81. The Kier molecular flexibility index (Phi) is 6.33. The van der Waals surface area contributed by atoms with Gasteiger partial charge in [0.2, 0.25) is 0 Å². The van der Waals surface area contributed by atoms with Gasteiger partial charge in [-0.25, -0.2) is 9.78 Å². The molecule has 1 atom stereocenters. The standard InChI is InChI=1S/C15H25N3O2S/c1-9(2)13(11(5)19)17-15(20)18(6)8-12-7-16-14(21-12)10(3)4/h7,9-10,13H,8H2,1-6H3,(H,17,20). The lowest BCUT2D eigenvalue weighted by atomic mass is 10.0. The molecule has 1 aromatic rings. The smallest absolute Gasteiger partial charge is 0.318 e. The molecule has 0 aliphatic rings. The van der Waals surface area contributed by atoms with Crippen LogP contribution < -0.4 is 5.32 Å². The molecule has 0 saturated heterocycles. The molecule has 1 unspecified atom stereocenters. The van der Waals surface area contributed by atoms with E-state index in [4.69, 9.17) is 0 Å². The van der Waals surface area contributed by atoms with Crippen molar-refractivity contribution < 1.29 is 9.59 Å². The summed E-state index contributed by atoms with van der Waals surface area (Å²) in [5.41, 5.74) is 0. The van der Waals surface area contributed by atoms with Gasteiger partial charge in [0.25, 0.3) is 0 Å². The van der Waals surface area contributed by atoms with E-state index in [0.29, 0.717) is 12.5 Å². The van der Waals surface area contributed by atoms with E-state index in [1.54, 1.807) is 23.3 Å². The highest BCUT2D eigenvalue weighted by atomic mass is 32.1. The maximum atomic E-state index is 12.2. The van der Waals surface area contributed by atoms with E-state index in [1.165, 1.54) is 6.92 Å². The third-order valence-corrected chi connectivity index (χ3v) is 4.47. The summed E-state index contributed by atoms with van der Waals surface area (Å²) in [6.45, 7) is 10.0. The zero-order valence-electron chi connectivity index (χ0n) is 13.6. The van der Waals surface area contributed by atoms with Gasteiger partial charge in [0, 0.05) is 24.0 Å². The number of aromatic nitrogens is 1. The van der Waals surface area contributed by atoms with Gasteiger partial charge in [0.05, 0.1) is 17.6 Å². The van der Waals surface area contributed by atoms with Crippen LogP contribution in [-0.4, -0.2) is 34.8 Å². The van der Waals surface area contributed by atoms with E-state index in [-0.39, 0.29) is 17.7 Å². The molecule has 0 aliphatic heterocycles. The monoisotopic (exact) mass is 311 g/mol. The number of Topliss-reactive ketones (excluding diaryl/α,β-unsaturated/α-hetero) is 1. The Morgan fingerprint density at radius 2 is 1.95 bits per heavy atom. The Hall–Kier alpha value is -1.43. The molecule has 0 radical (unpaired) electrons. The van der Waals surface area contributed by atoms with Crippen molar-refractivity contribution in [3.8, 4) is 0 Å². The minimum atomic E-state index is -0.437. The number of nitrogens with one attached hydrogen (secondary N) is 1. The summed E-state index contributed by atoms with van der Waals surface area (Å²) >= 11 is 1.62. The Balaban J connectivity index is 2.63. The van der Waals surface area contributed by atoms with E-state index < -0.39 is 6.04 Å². The van der Waals surface area contributed by atoms with E-state index in [9.17, 15) is 9.59 Å². The fraction of sp³-hybridized carbons (Fsp3) is 0.667. The molecule has 0 bridgehead atoms. The summed E-state index contributed by atoms with van der Waals surface area (Å²) in [7, 11) is 1.72. The Bertz CT molecular complexity index is 497. The molecule has 2 amide bonds. The van der Waals surface area contributed by atoms with Crippen LogP contribution in [0, 0.1) is 5.92 Å². The molecular formula is C15H25N3O2S. The van der Waals surface area contributed by atoms with Crippen LogP contribution >= 0.6 is 11.3 Å². The third-order valence-electron chi connectivity index (χ3n) is 3.19. The molecule has 5 nitrogen and oxygen atoms in total. The molecule has 1 N–H and O–H groups in total. The summed E-state index contributed by atoms with van der Waals surface area (Å²) in [5.74, 6) is 0.452. The maximum Gasteiger partial charge on any atom is 0.318 e. The van der Waals surface area contributed by atoms with Crippen molar-refractivity contribution in [3.63, 3.8) is 0 Å². The highest BCUT2D eigenvalue weighted by Gasteiger charge is 2.22. The average Bonchev–Trinajstić information content (AvgIpc) is 2.83. The predicted molar refractivity (Wildman–Crippen MR) is 85.5 cm³/mol. The highest BCUT2D eigenvalue weighted by Crippen LogP contribution is 2.21. The number of hydrogen-bond acceptors (Lipinski definition) is 4. The number of thiazole rings is 1. The first-order valence-corrected chi connectivity index (χ1v) is 8.00. The van der Waals surface area contributed by atoms with Crippen LogP contribution in [0.3, 0.4) is 0 Å². The molecule has 0 aromatic carbocycles. The molecule has 0 fully saturated rings. The quantitative estimate of drug-likeness (QED) is 0.878. The van der Waals surface area contributed by atoms with Gasteiger partial charge < -0.3 is 10.2 Å². The van der Waals surface area contributed by atoms with Gasteiger partial charge >= 0.3 is 6.03 Å². The van der Waals surface area contributed by atoms with E-state index in [1.807, 2.05) is 20.0 Å². The van der Waals surface area contributed by atoms with Crippen LogP contribution in [0.1, 0.15) is 50.4 Å². The molecule has 21 heavy (non-hydrogen) atoms. The molecule has 0 aliphatic carbocycles. The van der Waals surface area contributed by atoms with Crippen molar-refractivity contribution in [2.24, 2.45) is 5.92 Å². The van der Waals surface area contributed by atoms with Crippen molar-refractivity contribution in [1.82, 2.24) is 15.2 Å². The van der Waals surface area contributed by atoms with Gasteiger partial charge in [-0.2, -0.15) is 0 Å². The van der Waals surface area contributed by atoms with Gasteiger partial charge in [-0.15, -0.1) is 11.3 Å². The number of carbonyl (C=O) groups excluding carboxylic acids is 2. The summed E-state index contributed by atoms with van der Waals surface area (Å²) < 4.78 is 0. The van der Waals surface area contributed by atoms with Crippen molar-refractivity contribution in [2.75, 3.05) is 7.05 Å². The van der Waals surface area contributed by atoms with Crippen LogP contribution in [-0.2, 0) is 11.3 Å². The van der Waals surface area contributed by atoms with Gasteiger partial charge in [-0.3, -0.25) is 4.79 Å². The highest BCUT2D eigenvalue weighted by molar-refractivity contribution is 7.11. The lowest BCUT2D eigenvalue weighted by Crippen LogP contribution is -2.48. The number of hydrogen-bond donors (Lipinski definition) is 1. The van der Waals surface area contributed by atoms with Gasteiger partial charge in [-0.1, -0.05) is 27.7 Å². The van der Waals surface area contributed by atoms with Crippen LogP contribution in [0.15, 0.2) is 6.20 Å². The van der Waals surface area contributed by atoms with Gasteiger partial charge in [0.1, 0.15) is 0 Å². The minimum absolute atomic E-state index is 0.0216. The number of urea groups is 1. The second-order valence-electron chi connectivity index (χ2n) is 5.96. The zero-order chi connectivity index (χ0) is 16.2. The maximum absolute atomic E-state index is 12.2. The second-order valence-corrected chi connectivity index (χ2v) is 7.10. The number of ketones is 1. The van der Waals surface area contributed by atoms with Crippen LogP contribution in [0.4, 0.5) is 4.79 Å². The molecule has 1 heterocycles. The predicted octanol–water partition coefficient (Wildman–Crippen LogP) is 3.02. The average molecular weight is 311 g/mol. The Labute approximate surface area is 130 Å². The molecule has 118 valence electrons. The molecule has 1 aromatic heterocycles. The van der Waals surface area contributed by atoms with E-state index in [2.05, 4.69) is 24.1 Å². The lowest BCUT2D eigenvalue weighted by Gasteiger charge is -2.24. The van der Waals surface area contributed by atoms with Crippen molar-refractivity contribution in [3.05, 3.63) is 16.1 Å². The van der Waals surface area contributed by atoms with E-state index in [0.717, 1.165) is 9.88 Å². The summed E-state index contributed by atoms with van der Waals surface area (Å²) in [6, 6.07) is -0.670.